The minimum Gasteiger partial charge on any atom is -0.361 e. The Kier molecular flexibility index (Phi) is 1.41. The highest BCUT2D eigenvalue weighted by molar-refractivity contribution is 14.1. The van der Waals surface area contributed by atoms with Gasteiger partial charge >= 0.3 is 0 Å². The predicted molar refractivity (Wildman–Crippen MR) is 37.6 cm³/mol. The zero-order valence-corrected chi connectivity index (χ0v) is 6.29. The topological polar surface area (TPSA) is 6.48 Å². The van der Waals surface area contributed by atoms with E-state index in [1.807, 2.05) is 12.4 Å². The normalized spacial score (nSPS) is 19.1. The fraction of sp³-hybridized carbons (Fsp3) is 0.500. The van der Waals surface area contributed by atoms with Crippen LogP contribution in [-0.4, -0.2) is 21.7 Å². The van der Waals surface area contributed by atoms with E-state index in [9.17, 15) is 0 Å². The Morgan fingerprint density at radius 3 is 2.43 bits per heavy atom. The highest BCUT2D eigenvalue weighted by Crippen LogP contribution is 2.07. The molecule has 0 bridgehead atoms. The van der Waals surface area contributed by atoms with Crippen molar-refractivity contribution in [2.24, 2.45) is 0 Å². The van der Waals surface area contributed by atoms with Crippen molar-refractivity contribution in [3.8, 4) is 0 Å². The van der Waals surface area contributed by atoms with E-state index < -0.39 is 0 Å². The summed E-state index contributed by atoms with van der Waals surface area (Å²) < 4.78 is 2.09. The number of nitrogens with zero attached hydrogens (tertiary/aromatic N) is 2. The molecule has 0 N–H and O–H groups in total. The maximum atomic E-state index is 2.25. The summed E-state index contributed by atoms with van der Waals surface area (Å²) in [6.07, 6.45) is 4.09. The van der Waals surface area contributed by atoms with Crippen molar-refractivity contribution >= 4 is 22.9 Å². The van der Waals surface area contributed by atoms with E-state index >= 15 is 0 Å². The Morgan fingerprint density at radius 2 is 2.29 bits per heavy atom. The van der Waals surface area contributed by atoms with Gasteiger partial charge in [0.25, 0.3) is 0 Å². The highest BCUT2D eigenvalue weighted by atomic mass is 127. The molecule has 2 nitrogen and oxygen atoms in total. The van der Waals surface area contributed by atoms with Gasteiger partial charge in [-0.25, -0.2) is 0 Å². The van der Waals surface area contributed by atoms with E-state index in [2.05, 4.69) is 37.9 Å². The van der Waals surface area contributed by atoms with Crippen LogP contribution in [-0.2, 0) is 0 Å². The molecular weight excluding hydrogens is 203 g/mol. The molecule has 0 aromatic carbocycles. The first-order valence-corrected chi connectivity index (χ1v) is 3.06. The van der Waals surface area contributed by atoms with Crippen molar-refractivity contribution in [3.63, 3.8) is 0 Å². The van der Waals surface area contributed by atoms with E-state index in [1.165, 1.54) is 0 Å². The number of hydrogen-bond acceptors (Lipinski definition) is 2. The lowest BCUT2D eigenvalue weighted by Crippen LogP contribution is -2.13. The molecule has 0 aromatic rings. The van der Waals surface area contributed by atoms with Crippen LogP contribution in [0.4, 0.5) is 0 Å². The summed E-state index contributed by atoms with van der Waals surface area (Å²) in [5, 5.41) is 0. The van der Waals surface area contributed by atoms with Crippen LogP contribution in [0.1, 0.15) is 0 Å². The summed E-state index contributed by atoms with van der Waals surface area (Å²) in [7, 11) is 2.05. The maximum absolute atomic E-state index is 2.25. The Hall–Kier alpha value is 0.0700. The van der Waals surface area contributed by atoms with E-state index in [0.29, 0.717) is 0 Å². The average Bonchev–Trinajstić information content (AvgIpc) is 1.87. The van der Waals surface area contributed by atoms with Crippen LogP contribution in [0.15, 0.2) is 12.4 Å². The molecule has 1 heterocycles. The minimum atomic E-state index is 1.01. The van der Waals surface area contributed by atoms with Crippen LogP contribution >= 0.6 is 22.9 Å². The zero-order chi connectivity index (χ0) is 5.28. The summed E-state index contributed by atoms with van der Waals surface area (Å²) in [6.45, 7) is 1.01. The second-order valence-electron chi connectivity index (χ2n) is 1.60. The molecule has 0 aromatic heterocycles. The molecule has 0 fully saturated rings. The third kappa shape index (κ3) is 1.22. The van der Waals surface area contributed by atoms with Gasteiger partial charge in [0.2, 0.25) is 0 Å². The summed E-state index contributed by atoms with van der Waals surface area (Å²) in [6, 6.07) is 0. The van der Waals surface area contributed by atoms with Gasteiger partial charge in [-0.15, -0.1) is 0 Å². The van der Waals surface area contributed by atoms with Crippen LogP contribution in [0.5, 0.6) is 0 Å². The van der Waals surface area contributed by atoms with Crippen LogP contribution in [0, 0.1) is 0 Å². The number of rotatable bonds is 0. The van der Waals surface area contributed by atoms with Gasteiger partial charge in [-0.2, -0.15) is 0 Å². The molecule has 7 heavy (non-hydrogen) atoms. The molecule has 0 amide bonds. The van der Waals surface area contributed by atoms with E-state index in [1.54, 1.807) is 0 Å². The maximum Gasteiger partial charge on any atom is 0.0985 e. The second kappa shape index (κ2) is 1.90. The lowest BCUT2D eigenvalue weighted by atomic mass is 10.9. The third-order valence-electron chi connectivity index (χ3n) is 0.841. The van der Waals surface area contributed by atoms with Gasteiger partial charge in [0, 0.05) is 19.4 Å². The van der Waals surface area contributed by atoms with Gasteiger partial charge in [0.05, 0.1) is 29.5 Å². The number of halogens is 1. The van der Waals surface area contributed by atoms with E-state index in [4.69, 9.17) is 0 Å². The monoisotopic (exact) mass is 210 g/mol. The van der Waals surface area contributed by atoms with Crippen LogP contribution in [0.3, 0.4) is 0 Å². The van der Waals surface area contributed by atoms with Gasteiger partial charge < -0.3 is 8.01 Å². The lowest BCUT2D eigenvalue weighted by molar-refractivity contribution is 0.424. The fourth-order valence-electron chi connectivity index (χ4n) is 0.494. The fourth-order valence-corrected chi connectivity index (χ4v) is 1.12. The first-order valence-electron chi connectivity index (χ1n) is 2.10. The Balaban J connectivity index is 2.42. The molecule has 0 radical (unpaired) electrons. The molecule has 3 heteroatoms. The molecule has 0 saturated heterocycles. The first kappa shape index (κ1) is 5.21. The Bertz CT molecular complexity index is 81.7. The quantitative estimate of drug-likeness (QED) is 0.435. The van der Waals surface area contributed by atoms with Crippen LogP contribution in [0.2, 0.25) is 0 Å². The van der Waals surface area contributed by atoms with Gasteiger partial charge in [-0.3, -0.25) is 0 Å². The largest absolute Gasteiger partial charge is 0.361 e. The molecule has 40 valence electrons. The van der Waals surface area contributed by atoms with Crippen molar-refractivity contribution in [1.82, 2.24) is 8.01 Å². The smallest absolute Gasteiger partial charge is 0.0985 e. The molecule has 0 atom stereocenters. The zero-order valence-electron chi connectivity index (χ0n) is 4.13. The second-order valence-corrected chi connectivity index (χ2v) is 2.84. The summed E-state index contributed by atoms with van der Waals surface area (Å²) in [4.78, 5) is 2.12. The SMILES string of the molecule is CN1C=CN(I)C1. The van der Waals surface area contributed by atoms with Gasteiger partial charge in [-0.05, 0) is 0 Å². The molecule has 0 saturated carbocycles. The average molecular weight is 210 g/mol. The summed E-state index contributed by atoms with van der Waals surface area (Å²) in [5.74, 6) is 0. The summed E-state index contributed by atoms with van der Waals surface area (Å²) >= 11 is 2.25. The molecule has 0 spiro atoms. The third-order valence-corrected chi connectivity index (χ3v) is 1.47. The molecule has 1 rings (SSSR count). The minimum absolute atomic E-state index is 1.01. The Morgan fingerprint density at radius 1 is 1.57 bits per heavy atom. The predicted octanol–water partition coefficient (Wildman–Crippen LogP) is 1.01. The van der Waals surface area contributed by atoms with E-state index in [-0.39, 0.29) is 0 Å². The van der Waals surface area contributed by atoms with Crippen molar-refractivity contribution in [3.05, 3.63) is 12.4 Å². The summed E-state index contributed by atoms with van der Waals surface area (Å²) in [5.41, 5.74) is 0. The lowest BCUT2D eigenvalue weighted by Gasteiger charge is -2.08. The van der Waals surface area contributed by atoms with Gasteiger partial charge in [-0.1, -0.05) is 0 Å². The Labute approximate surface area is 57.3 Å². The highest BCUT2D eigenvalue weighted by Gasteiger charge is 2.01. The van der Waals surface area contributed by atoms with Gasteiger partial charge in [0.1, 0.15) is 0 Å². The standard InChI is InChI=1S/C4H7IN2/c1-6-2-3-7(5)4-6/h2-3H,4H2,1H3. The van der Waals surface area contributed by atoms with Crippen molar-refractivity contribution < 1.29 is 0 Å². The van der Waals surface area contributed by atoms with Crippen LogP contribution in [0.25, 0.3) is 0 Å². The first-order chi connectivity index (χ1) is 3.29. The number of hydrogen-bond donors (Lipinski definition) is 0. The molecule has 1 aliphatic heterocycles. The molecule has 1 aliphatic rings. The van der Waals surface area contributed by atoms with Gasteiger partial charge in [0.15, 0.2) is 0 Å². The molecule has 0 aliphatic carbocycles. The van der Waals surface area contributed by atoms with E-state index in [0.717, 1.165) is 6.67 Å². The van der Waals surface area contributed by atoms with Crippen molar-refractivity contribution in [1.29, 1.82) is 0 Å². The molecular formula is C4H7IN2. The molecule has 0 unspecified atom stereocenters. The van der Waals surface area contributed by atoms with Crippen molar-refractivity contribution in [2.45, 2.75) is 0 Å². The van der Waals surface area contributed by atoms with Crippen molar-refractivity contribution in [2.75, 3.05) is 13.7 Å². The van der Waals surface area contributed by atoms with Crippen LogP contribution < -0.4 is 0 Å².